The van der Waals surface area contributed by atoms with E-state index in [0.717, 1.165) is 12.8 Å². The number of amides is 3. The summed E-state index contributed by atoms with van der Waals surface area (Å²) < 4.78 is 16.0. The van der Waals surface area contributed by atoms with Gasteiger partial charge < -0.3 is 19.2 Å². The maximum Gasteiger partial charge on any atom is 0.291 e. The first kappa shape index (κ1) is 23.4. The van der Waals surface area contributed by atoms with Gasteiger partial charge in [0, 0.05) is 16.8 Å². The number of hydrogen-bond donors (Lipinski definition) is 3. The van der Waals surface area contributed by atoms with Crippen LogP contribution in [0.15, 0.2) is 65.3 Å². The Kier molecular flexibility index (Phi) is 8.07. The first-order valence-corrected chi connectivity index (χ1v) is 10.4. The molecule has 3 aromatic rings. The molecular formula is C24H25N3O6. The quantitative estimate of drug-likeness (QED) is 0.336. The molecule has 33 heavy (non-hydrogen) atoms. The van der Waals surface area contributed by atoms with Crippen LogP contribution in [0.4, 0.5) is 5.69 Å². The maximum absolute atomic E-state index is 12.4. The van der Waals surface area contributed by atoms with Crippen molar-refractivity contribution >= 4 is 23.4 Å². The Morgan fingerprint density at radius 1 is 0.879 bits per heavy atom. The van der Waals surface area contributed by atoms with Crippen LogP contribution in [-0.2, 0) is 0 Å². The molecule has 0 atom stereocenters. The molecule has 9 nitrogen and oxygen atoms in total. The Labute approximate surface area is 191 Å². The van der Waals surface area contributed by atoms with Crippen molar-refractivity contribution in [3.63, 3.8) is 0 Å². The zero-order valence-electron chi connectivity index (χ0n) is 18.3. The number of carbonyl (C=O) groups is 3. The molecule has 9 heteroatoms. The van der Waals surface area contributed by atoms with Gasteiger partial charge in [0.1, 0.15) is 0 Å². The van der Waals surface area contributed by atoms with E-state index < -0.39 is 17.7 Å². The minimum atomic E-state index is -0.515. The van der Waals surface area contributed by atoms with Gasteiger partial charge in [0.25, 0.3) is 17.7 Å². The summed E-state index contributed by atoms with van der Waals surface area (Å²) >= 11 is 0. The fourth-order valence-electron chi connectivity index (χ4n) is 2.82. The van der Waals surface area contributed by atoms with Gasteiger partial charge in [0.2, 0.25) is 0 Å². The maximum atomic E-state index is 12.4. The van der Waals surface area contributed by atoms with Crippen molar-refractivity contribution in [2.75, 3.05) is 19.0 Å². The van der Waals surface area contributed by atoms with E-state index in [1.807, 2.05) is 0 Å². The van der Waals surface area contributed by atoms with E-state index in [1.54, 1.807) is 42.5 Å². The van der Waals surface area contributed by atoms with Gasteiger partial charge in [-0.15, -0.1) is 0 Å². The van der Waals surface area contributed by atoms with Gasteiger partial charge in [-0.05, 0) is 61.0 Å². The highest BCUT2D eigenvalue weighted by molar-refractivity contribution is 6.03. The van der Waals surface area contributed by atoms with E-state index in [-0.39, 0.29) is 5.76 Å². The lowest BCUT2D eigenvalue weighted by Gasteiger charge is -2.12. The lowest BCUT2D eigenvalue weighted by Crippen LogP contribution is -2.41. The van der Waals surface area contributed by atoms with E-state index in [9.17, 15) is 14.4 Å². The van der Waals surface area contributed by atoms with Crippen LogP contribution in [0.25, 0.3) is 0 Å². The minimum absolute atomic E-state index is 0.178. The molecule has 0 aliphatic carbocycles. The van der Waals surface area contributed by atoms with Crippen molar-refractivity contribution in [2.24, 2.45) is 0 Å². The van der Waals surface area contributed by atoms with Crippen LogP contribution in [0, 0.1) is 0 Å². The normalized spacial score (nSPS) is 10.2. The summed E-state index contributed by atoms with van der Waals surface area (Å²) in [6.07, 6.45) is 3.32. The van der Waals surface area contributed by atoms with E-state index in [1.165, 1.54) is 25.5 Å². The number of methoxy groups -OCH3 is 1. The lowest BCUT2D eigenvalue weighted by atomic mass is 10.2. The van der Waals surface area contributed by atoms with Crippen LogP contribution in [-0.4, -0.2) is 31.4 Å². The molecule has 3 amide bonds. The minimum Gasteiger partial charge on any atom is -0.493 e. The third kappa shape index (κ3) is 6.36. The van der Waals surface area contributed by atoms with Gasteiger partial charge in [0.05, 0.1) is 20.0 Å². The Morgan fingerprint density at radius 3 is 2.21 bits per heavy atom. The Bertz CT molecular complexity index is 1090. The molecule has 0 aliphatic rings. The van der Waals surface area contributed by atoms with Crippen molar-refractivity contribution < 1.29 is 28.3 Å². The predicted molar refractivity (Wildman–Crippen MR) is 121 cm³/mol. The van der Waals surface area contributed by atoms with Crippen molar-refractivity contribution in [3.8, 4) is 11.5 Å². The number of nitrogens with one attached hydrogen (secondary N) is 3. The number of ether oxygens (including phenoxy) is 2. The monoisotopic (exact) mass is 451 g/mol. The van der Waals surface area contributed by atoms with E-state index in [4.69, 9.17) is 13.9 Å². The van der Waals surface area contributed by atoms with E-state index in [0.29, 0.717) is 34.9 Å². The van der Waals surface area contributed by atoms with Crippen molar-refractivity contribution in [1.82, 2.24) is 10.9 Å². The molecule has 1 heterocycles. The Balaban J connectivity index is 1.54. The molecule has 0 spiro atoms. The highest BCUT2D eigenvalue weighted by Gasteiger charge is 2.14. The summed E-state index contributed by atoms with van der Waals surface area (Å²) in [5.41, 5.74) is 5.81. The van der Waals surface area contributed by atoms with Crippen LogP contribution in [0.3, 0.4) is 0 Å². The van der Waals surface area contributed by atoms with Gasteiger partial charge in [-0.2, -0.15) is 0 Å². The van der Waals surface area contributed by atoms with Gasteiger partial charge in [0.15, 0.2) is 17.3 Å². The zero-order chi connectivity index (χ0) is 23.6. The topological polar surface area (TPSA) is 119 Å². The van der Waals surface area contributed by atoms with Gasteiger partial charge in [-0.25, -0.2) is 0 Å². The van der Waals surface area contributed by atoms with Crippen molar-refractivity contribution in [1.29, 1.82) is 0 Å². The standard InChI is InChI=1S/C24H25N3O6/c1-3-4-13-32-19-12-9-17(15-21(19)31-2)23(29)27-26-22(28)16-7-10-18(11-8-16)25-24(30)20-6-5-14-33-20/h5-12,14-15H,3-4,13H2,1-2H3,(H,25,30)(H,26,28)(H,27,29). The number of carbonyl (C=O) groups excluding carboxylic acids is 3. The molecule has 0 saturated heterocycles. The second-order valence-electron chi connectivity index (χ2n) is 6.98. The van der Waals surface area contributed by atoms with Gasteiger partial charge >= 0.3 is 0 Å². The molecular weight excluding hydrogens is 426 g/mol. The fourth-order valence-corrected chi connectivity index (χ4v) is 2.82. The summed E-state index contributed by atoms with van der Waals surface area (Å²) in [6, 6.07) is 14.1. The summed E-state index contributed by atoms with van der Waals surface area (Å²) in [5.74, 6) is -0.274. The molecule has 1 aromatic heterocycles. The second kappa shape index (κ2) is 11.4. The molecule has 172 valence electrons. The van der Waals surface area contributed by atoms with Crippen LogP contribution in [0.2, 0.25) is 0 Å². The molecule has 0 bridgehead atoms. The SMILES string of the molecule is CCCCOc1ccc(C(=O)NNC(=O)c2ccc(NC(=O)c3ccco3)cc2)cc1OC. The first-order valence-electron chi connectivity index (χ1n) is 10.4. The van der Waals surface area contributed by atoms with Crippen LogP contribution >= 0.6 is 0 Å². The zero-order valence-corrected chi connectivity index (χ0v) is 18.3. The highest BCUT2D eigenvalue weighted by atomic mass is 16.5. The van der Waals surface area contributed by atoms with Crippen LogP contribution < -0.4 is 25.6 Å². The Hall–Kier alpha value is -4.27. The lowest BCUT2D eigenvalue weighted by molar-refractivity contribution is 0.0846. The first-order chi connectivity index (χ1) is 16.0. The van der Waals surface area contributed by atoms with E-state index >= 15 is 0 Å². The summed E-state index contributed by atoms with van der Waals surface area (Å²) in [7, 11) is 1.49. The summed E-state index contributed by atoms with van der Waals surface area (Å²) in [5, 5.41) is 2.66. The number of unbranched alkanes of at least 4 members (excludes halogenated alkanes) is 1. The summed E-state index contributed by atoms with van der Waals surface area (Å²) in [6.45, 7) is 2.62. The summed E-state index contributed by atoms with van der Waals surface area (Å²) in [4.78, 5) is 36.8. The smallest absolute Gasteiger partial charge is 0.291 e. The molecule has 3 rings (SSSR count). The van der Waals surface area contributed by atoms with E-state index in [2.05, 4.69) is 23.1 Å². The number of rotatable bonds is 9. The molecule has 0 aliphatic heterocycles. The number of hydrogen-bond acceptors (Lipinski definition) is 6. The number of benzene rings is 2. The second-order valence-corrected chi connectivity index (χ2v) is 6.98. The van der Waals surface area contributed by atoms with Crippen LogP contribution in [0.5, 0.6) is 11.5 Å². The Morgan fingerprint density at radius 2 is 1.58 bits per heavy atom. The largest absolute Gasteiger partial charge is 0.493 e. The van der Waals surface area contributed by atoms with Crippen molar-refractivity contribution in [2.45, 2.75) is 19.8 Å². The third-order valence-corrected chi connectivity index (χ3v) is 4.62. The molecule has 0 fully saturated rings. The van der Waals surface area contributed by atoms with Gasteiger partial charge in [-0.1, -0.05) is 13.3 Å². The number of anilines is 1. The number of hydrazine groups is 1. The average molecular weight is 451 g/mol. The molecule has 0 unspecified atom stereocenters. The predicted octanol–water partition coefficient (Wildman–Crippen LogP) is 3.79. The average Bonchev–Trinajstić information content (AvgIpc) is 3.38. The molecule has 3 N–H and O–H groups in total. The van der Waals surface area contributed by atoms with Crippen LogP contribution in [0.1, 0.15) is 51.0 Å². The highest BCUT2D eigenvalue weighted by Crippen LogP contribution is 2.28. The van der Waals surface area contributed by atoms with Crippen molar-refractivity contribution in [3.05, 3.63) is 77.7 Å². The fraction of sp³-hybridized carbons (Fsp3) is 0.208. The molecule has 0 radical (unpaired) electrons. The van der Waals surface area contributed by atoms with Gasteiger partial charge in [-0.3, -0.25) is 25.2 Å². The molecule has 2 aromatic carbocycles. The molecule has 0 saturated carbocycles. The number of furan rings is 1. The third-order valence-electron chi connectivity index (χ3n) is 4.62.